The summed E-state index contributed by atoms with van der Waals surface area (Å²) < 4.78 is 6.00. The van der Waals surface area contributed by atoms with Gasteiger partial charge in [-0.05, 0) is 49.9 Å². The minimum absolute atomic E-state index is 0.0974. The molecule has 4 nitrogen and oxygen atoms in total. The molecule has 1 aliphatic heterocycles. The Hall–Kier alpha value is -1.88. The van der Waals surface area contributed by atoms with E-state index in [0.29, 0.717) is 13.2 Å². The molecule has 1 saturated heterocycles. The van der Waals surface area contributed by atoms with E-state index in [4.69, 9.17) is 4.74 Å². The Bertz CT molecular complexity index is 714. The van der Waals surface area contributed by atoms with E-state index in [-0.39, 0.29) is 29.3 Å². The molecule has 0 amide bonds. The van der Waals surface area contributed by atoms with E-state index in [1.807, 2.05) is 18.2 Å². The van der Waals surface area contributed by atoms with Crippen molar-refractivity contribution in [3.8, 4) is 5.75 Å². The van der Waals surface area contributed by atoms with Crippen LogP contribution >= 0.6 is 0 Å². The van der Waals surface area contributed by atoms with Gasteiger partial charge in [-0.2, -0.15) is 0 Å². The molecule has 1 fully saturated rings. The lowest BCUT2D eigenvalue weighted by atomic mass is 9.62. The minimum atomic E-state index is -0.210. The second kappa shape index (κ2) is 8.42. The molecule has 0 spiro atoms. The molecule has 2 aromatic carbocycles. The summed E-state index contributed by atoms with van der Waals surface area (Å²) in [6, 6.07) is 17.8. The van der Waals surface area contributed by atoms with Gasteiger partial charge in [0.05, 0.1) is 5.60 Å². The van der Waals surface area contributed by atoms with Crippen LogP contribution in [0, 0.1) is 5.92 Å². The topological polar surface area (TPSA) is 61.7 Å². The summed E-state index contributed by atoms with van der Waals surface area (Å²) in [5, 5.41) is 23.2. The van der Waals surface area contributed by atoms with Crippen molar-refractivity contribution in [1.82, 2.24) is 5.32 Å². The van der Waals surface area contributed by atoms with Crippen LogP contribution in [0.2, 0.25) is 0 Å². The highest BCUT2D eigenvalue weighted by molar-refractivity contribution is 5.29. The van der Waals surface area contributed by atoms with E-state index in [0.717, 1.165) is 24.9 Å². The molecule has 2 aromatic rings. The Labute approximate surface area is 162 Å². The monoisotopic (exact) mass is 369 g/mol. The largest absolute Gasteiger partial charge is 0.508 e. The number of phenolic OH excluding ortho intramolecular Hbond substituents is 1. The smallest absolute Gasteiger partial charge is 0.115 e. The van der Waals surface area contributed by atoms with E-state index in [1.165, 1.54) is 5.56 Å². The third kappa shape index (κ3) is 4.70. The van der Waals surface area contributed by atoms with E-state index >= 15 is 0 Å². The van der Waals surface area contributed by atoms with Crippen molar-refractivity contribution in [2.75, 3.05) is 19.8 Å². The third-order valence-corrected chi connectivity index (χ3v) is 5.79. The molecule has 1 heterocycles. The molecule has 4 heteroatoms. The van der Waals surface area contributed by atoms with Crippen LogP contribution in [0.4, 0.5) is 0 Å². The number of ether oxygens (including phenoxy) is 1. The van der Waals surface area contributed by atoms with Gasteiger partial charge in [-0.3, -0.25) is 0 Å². The van der Waals surface area contributed by atoms with Crippen LogP contribution < -0.4 is 5.32 Å². The number of hydrogen-bond donors (Lipinski definition) is 3. The minimum Gasteiger partial charge on any atom is -0.508 e. The van der Waals surface area contributed by atoms with Gasteiger partial charge in [0.25, 0.3) is 0 Å². The standard InChI is InChI=1S/C23H31NO3/c1-22(2)17-23(12-13-27-22,19-6-4-3-5-7-19)20(16-25)15-24-14-18-8-10-21(26)11-9-18/h3-11,20,24-26H,12-17H2,1-2H3. The van der Waals surface area contributed by atoms with Crippen LogP contribution in [0.15, 0.2) is 54.6 Å². The first-order valence-corrected chi connectivity index (χ1v) is 9.74. The molecule has 1 aliphatic rings. The Morgan fingerprint density at radius 2 is 1.78 bits per heavy atom. The number of benzene rings is 2. The number of phenols is 1. The maximum absolute atomic E-state index is 10.3. The van der Waals surface area contributed by atoms with Gasteiger partial charge in [-0.25, -0.2) is 0 Å². The summed E-state index contributed by atoms with van der Waals surface area (Å²) in [5.74, 6) is 0.375. The third-order valence-electron chi connectivity index (χ3n) is 5.79. The molecule has 0 saturated carbocycles. The summed E-state index contributed by atoms with van der Waals surface area (Å²) in [6.07, 6.45) is 1.79. The summed E-state index contributed by atoms with van der Waals surface area (Å²) >= 11 is 0. The Morgan fingerprint density at radius 1 is 1.07 bits per heavy atom. The van der Waals surface area contributed by atoms with Crippen molar-refractivity contribution < 1.29 is 14.9 Å². The maximum Gasteiger partial charge on any atom is 0.115 e. The molecule has 0 aromatic heterocycles. The molecule has 3 N–H and O–H groups in total. The molecular weight excluding hydrogens is 338 g/mol. The highest BCUT2D eigenvalue weighted by atomic mass is 16.5. The van der Waals surface area contributed by atoms with Gasteiger partial charge in [0.15, 0.2) is 0 Å². The van der Waals surface area contributed by atoms with Gasteiger partial charge < -0.3 is 20.3 Å². The molecule has 3 rings (SSSR count). The van der Waals surface area contributed by atoms with E-state index in [2.05, 4.69) is 43.4 Å². The van der Waals surface area contributed by atoms with Crippen molar-refractivity contribution in [1.29, 1.82) is 0 Å². The van der Waals surface area contributed by atoms with Gasteiger partial charge >= 0.3 is 0 Å². The van der Waals surface area contributed by atoms with E-state index in [1.54, 1.807) is 12.1 Å². The fourth-order valence-corrected chi connectivity index (χ4v) is 4.45. The van der Waals surface area contributed by atoms with Crippen LogP contribution in [0.1, 0.15) is 37.8 Å². The highest BCUT2D eigenvalue weighted by Crippen LogP contribution is 2.46. The number of nitrogens with one attached hydrogen (secondary N) is 1. The van der Waals surface area contributed by atoms with E-state index < -0.39 is 0 Å². The maximum atomic E-state index is 10.3. The van der Waals surface area contributed by atoms with Gasteiger partial charge in [0.2, 0.25) is 0 Å². The molecule has 27 heavy (non-hydrogen) atoms. The van der Waals surface area contributed by atoms with E-state index in [9.17, 15) is 10.2 Å². The number of aliphatic hydroxyl groups is 1. The average molecular weight is 370 g/mol. The lowest BCUT2D eigenvalue weighted by Gasteiger charge is -2.49. The fourth-order valence-electron chi connectivity index (χ4n) is 4.45. The van der Waals surface area contributed by atoms with Crippen molar-refractivity contribution >= 4 is 0 Å². The summed E-state index contributed by atoms with van der Waals surface area (Å²) in [6.45, 7) is 6.55. The van der Waals surface area contributed by atoms with Crippen molar-refractivity contribution in [2.24, 2.45) is 5.92 Å². The first-order chi connectivity index (χ1) is 13.0. The quantitative estimate of drug-likeness (QED) is 0.698. The van der Waals surface area contributed by atoms with Crippen LogP contribution in [-0.4, -0.2) is 35.6 Å². The second-order valence-electron chi connectivity index (χ2n) is 8.23. The first-order valence-electron chi connectivity index (χ1n) is 9.74. The molecule has 2 unspecified atom stereocenters. The summed E-state index contributed by atoms with van der Waals surface area (Å²) in [7, 11) is 0. The highest BCUT2D eigenvalue weighted by Gasteiger charge is 2.46. The number of aliphatic hydroxyl groups excluding tert-OH is 1. The molecule has 2 atom stereocenters. The average Bonchev–Trinajstić information content (AvgIpc) is 2.66. The number of rotatable bonds is 7. The molecule has 0 radical (unpaired) electrons. The zero-order valence-corrected chi connectivity index (χ0v) is 16.3. The van der Waals surface area contributed by atoms with Crippen LogP contribution in [0.3, 0.4) is 0 Å². The van der Waals surface area contributed by atoms with Crippen LogP contribution in [-0.2, 0) is 16.7 Å². The fraction of sp³-hybridized carbons (Fsp3) is 0.478. The van der Waals surface area contributed by atoms with Gasteiger partial charge in [0, 0.05) is 37.6 Å². The molecule has 0 bridgehead atoms. The lowest BCUT2D eigenvalue weighted by Crippen LogP contribution is -2.51. The summed E-state index contributed by atoms with van der Waals surface area (Å²) in [5.41, 5.74) is 2.08. The molecular formula is C23H31NO3. The Balaban J connectivity index is 1.78. The van der Waals surface area contributed by atoms with Gasteiger partial charge in [-0.15, -0.1) is 0 Å². The molecule has 146 valence electrons. The van der Waals surface area contributed by atoms with Crippen molar-refractivity contribution in [2.45, 2.75) is 44.2 Å². The SMILES string of the molecule is CC1(C)CC(c2ccccc2)(C(CO)CNCc2ccc(O)cc2)CCO1. The van der Waals surface area contributed by atoms with Crippen LogP contribution in [0.25, 0.3) is 0 Å². The molecule has 0 aliphatic carbocycles. The first kappa shape index (κ1) is 19.9. The van der Waals surface area contributed by atoms with Gasteiger partial charge in [0.1, 0.15) is 5.75 Å². The number of hydrogen-bond acceptors (Lipinski definition) is 4. The predicted molar refractivity (Wildman–Crippen MR) is 108 cm³/mol. The zero-order chi connectivity index (χ0) is 19.3. The Morgan fingerprint density at radius 3 is 2.41 bits per heavy atom. The lowest BCUT2D eigenvalue weighted by molar-refractivity contribution is -0.0991. The van der Waals surface area contributed by atoms with Gasteiger partial charge in [-0.1, -0.05) is 42.5 Å². The van der Waals surface area contributed by atoms with Crippen LogP contribution in [0.5, 0.6) is 5.75 Å². The number of aromatic hydroxyl groups is 1. The second-order valence-corrected chi connectivity index (χ2v) is 8.23. The normalized spacial score (nSPS) is 23.1. The zero-order valence-electron chi connectivity index (χ0n) is 16.3. The van der Waals surface area contributed by atoms with Crippen molar-refractivity contribution in [3.63, 3.8) is 0 Å². The summed E-state index contributed by atoms with van der Waals surface area (Å²) in [4.78, 5) is 0. The Kier molecular flexibility index (Phi) is 6.20. The van der Waals surface area contributed by atoms with Crippen molar-refractivity contribution in [3.05, 3.63) is 65.7 Å². The predicted octanol–water partition coefficient (Wildman–Crippen LogP) is 3.62.